The zero-order valence-electron chi connectivity index (χ0n) is 8.83. The second-order valence-corrected chi connectivity index (χ2v) is 4.21. The van der Waals surface area contributed by atoms with Crippen LogP contribution in [-0.2, 0) is 13.5 Å². The number of nitrogens with zero attached hydrogens (tertiary/aromatic N) is 3. The Morgan fingerprint density at radius 2 is 2.00 bits per heavy atom. The molecule has 1 rings (SSSR count). The minimum Gasteiger partial charge on any atom is -0.326 e. The van der Waals surface area contributed by atoms with Crippen LogP contribution >= 0.6 is 0 Å². The van der Waals surface area contributed by atoms with Crippen LogP contribution in [0.3, 0.4) is 0 Å². The van der Waals surface area contributed by atoms with Gasteiger partial charge in [-0.3, -0.25) is 0 Å². The van der Waals surface area contributed by atoms with Gasteiger partial charge in [0.1, 0.15) is 11.6 Å². The predicted molar refractivity (Wildman–Crippen MR) is 52.3 cm³/mol. The van der Waals surface area contributed by atoms with E-state index in [0.717, 1.165) is 24.5 Å². The molecule has 1 heterocycles. The summed E-state index contributed by atoms with van der Waals surface area (Å²) in [6.45, 7) is 6.00. The van der Waals surface area contributed by atoms with Crippen molar-refractivity contribution in [1.29, 1.82) is 0 Å². The predicted octanol–water partition coefficient (Wildman–Crippen LogP) is 0.793. The lowest BCUT2D eigenvalue weighted by molar-refractivity contribution is 0.467. The van der Waals surface area contributed by atoms with Gasteiger partial charge in [0.25, 0.3) is 0 Å². The molecule has 0 saturated carbocycles. The molecule has 13 heavy (non-hydrogen) atoms. The molecule has 0 saturated heterocycles. The molecule has 0 amide bonds. The number of aromatic nitrogens is 3. The molecular weight excluding hydrogens is 164 g/mol. The van der Waals surface area contributed by atoms with E-state index in [1.165, 1.54) is 0 Å². The molecule has 1 aromatic heterocycles. The van der Waals surface area contributed by atoms with E-state index in [0.29, 0.717) is 0 Å². The van der Waals surface area contributed by atoms with E-state index < -0.39 is 0 Å². The van der Waals surface area contributed by atoms with Crippen LogP contribution in [0.5, 0.6) is 0 Å². The highest BCUT2D eigenvalue weighted by atomic mass is 15.3. The molecule has 0 atom stereocenters. The van der Waals surface area contributed by atoms with Crippen molar-refractivity contribution in [3.63, 3.8) is 0 Å². The third-order valence-electron chi connectivity index (χ3n) is 2.18. The fourth-order valence-electron chi connectivity index (χ4n) is 1.10. The molecule has 1 aromatic rings. The molecule has 0 spiro atoms. The lowest BCUT2D eigenvalue weighted by Crippen LogP contribution is -2.32. The summed E-state index contributed by atoms with van der Waals surface area (Å²) in [5.74, 6) is 1.96. The van der Waals surface area contributed by atoms with E-state index >= 15 is 0 Å². The van der Waals surface area contributed by atoms with Crippen molar-refractivity contribution < 1.29 is 0 Å². The Hall–Kier alpha value is -0.900. The van der Waals surface area contributed by atoms with Crippen LogP contribution < -0.4 is 5.73 Å². The third kappa shape index (κ3) is 2.81. The maximum atomic E-state index is 5.88. The fourth-order valence-corrected chi connectivity index (χ4v) is 1.10. The van der Waals surface area contributed by atoms with E-state index in [1.54, 1.807) is 0 Å². The number of aryl methyl sites for hydroxylation is 2. The van der Waals surface area contributed by atoms with Crippen LogP contribution in [0.4, 0.5) is 0 Å². The molecule has 0 aliphatic carbocycles. The summed E-state index contributed by atoms with van der Waals surface area (Å²) in [5, 5.41) is 8.06. The normalized spacial score (nSPS) is 12.1. The summed E-state index contributed by atoms with van der Waals surface area (Å²) in [6.07, 6.45) is 1.82. The highest BCUT2D eigenvalue weighted by Crippen LogP contribution is 2.09. The third-order valence-corrected chi connectivity index (χ3v) is 2.18. The molecule has 0 aromatic carbocycles. The summed E-state index contributed by atoms with van der Waals surface area (Å²) in [7, 11) is 1.98. The summed E-state index contributed by atoms with van der Waals surface area (Å²) in [6, 6.07) is 0. The van der Waals surface area contributed by atoms with Crippen LogP contribution in [0.15, 0.2) is 0 Å². The van der Waals surface area contributed by atoms with Crippen molar-refractivity contribution in [1.82, 2.24) is 14.8 Å². The second-order valence-electron chi connectivity index (χ2n) is 4.21. The van der Waals surface area contributed by atoms with Gasteiger partial charge >= 0.3 is 0 Å². The Morgan fingerprint density at radius 3 is 2.38 bits per heavy atom. The lowest BCUT2D eigenvalue weighted by Gasteiger charge is -2.17. The maximum Gasteiger partial charge on any atom is 0.132 e. The number of hydrogen-bond donors (Lipinski definition) is 1. The maximum absolute atomic E-state index is 5.88. The van der Waals surface area contributed by atoms with Crippen LogP contribution in [0, 0.1) is 6.92 Å². The highest BCUT2D eigenvalue weighted by Gasteiger charge is 2.13. The Labute approximate surface area is 79.2 Å². The topological polar surface area (TPSA) is 56.7 Å². The zero-order valence-corrected chi connectivity index (χ0v) is 8.83. The number of rotatable bonds is 3. The molecule has 4 heteroatoms. The first-order valence-electron chi connectivity index (χ1n) is 4.54. The SMILES string of the molecule is Cc1nnc(CCC(C)(C)N)n1C. The van der Waals surface area contributed by atoms with Gasteiger partial charge in [-0.15, -0.1) is 10.2 Å². The standard InChI is InChI=1S/C9H18N4/c1-7-11-12-8(13(7)4)5-6-9(2,3)10/h5-6,10H2,1-4H3. The van der Waals surface area contributed by atoms with Crippen LogP contribution in [-0.4, -0.2) is 20.3 Å². The Balaban J connectivity index is 2.60. The molecule has 0 radical (unpaired) electrons. The van der Waals surface area contributed by atoms with E-state index in [4.69, 9.17) is 5.73 Å². The van der Waals surface area contributed by atoms with Crippen molar-refractivity contribution in [3.05, 3.63) is 11.6 Å². The smallest absolute Gasteiger partial charge is 0.132 e. The molecule has 0 aliphatic heterocycles. The average Bonchev–Trinajstić information content (AvgIpc) is 2.29. The fraction of sp³-hybridized carbons (Fsp3) is 0.778. The molecule has 0 unspecified atom stereocenters. The molecule has 2 N–H and O–H groups in total. The van der Waals surface area contributed by atoms with Crippen molar-refractivity contribution in [2.24, 2.45) is 12.8 Å². The minimum absolute atomic E-state index is 0.125. The second kappa shape index (κ2) is 3.46. The van der Waals surface area contributed by atoms with E-state index in [-0.39, 0.29) is 5.54 Å². The summed E-state index contributed by atoms with van der Waals surface area (Å²) in [4.78, 5) is 0. The van der Waals surface area contributed by atoms with Gasteiger partial charge in [0.15, 0.2) is 0 Å². The first kappa shape index (κ1) is 10.2. The molecule has 0 bridgehead atoms. The molecule has 4 nitrogen and oxygen atoms in total. The first-order valence-corrected chi connectivity index (χ1v) is 4.54. The van der Waals surface area contributed by atoms with Gasteiger partial charge in [-0.05, 0) is 27.2 Å². The molecule has 74 valence electrons. The van der Waals surface area contributed by atoms with Gasteiger partial charge in [0.05, 0.1) is 0 Å². The van der Waals surface area contributed by atoms with Crippen LogP contribution in [0.25, 0.3) is 0 Å². The lowest BCUT2D eigenvalue weighted by atomic mass is 10.00. The monoisotopic (exact) mass is 182 g/mol. The van der Waals surface area contributed by atoms with Crippen molar-refractivity contribution >= 4 is 0 Å². The van der Waals surface area contributed by atoms with E-state index in [2.05, 4.69) is 10.2 Å². The van der Waals surface area contributed by atoms with Gasteiger partial charge in [0.2, 0.25) is 0 Å². The van der Waals surface area contributed by atoms with Crippen molar-refractivity contribution in [2.75, 3.05) is 0 Å². The Morgan fingerprint density at radius 1 is 1.38 bits per heavy atom. The van der Waals surface area contributed by atoms with Crippen LogP contribution in [0.1, 0.15) is 31.9 Å². The van der Waals surface area contributed by atoms with Gasteiger partial charge in [-0.2, -0.15) is 0 Å². The largest absolute Gasteiger partial charge is 0.326 e. The zero-order chi connectivity index (χ0) is 10.1. The highest BCUT2D eigenvalue weighted by molar-refractivity contribution is 4.94. The van der Waals surface area contributed by atoms with E-state index in [9.17, 15) is 0 Å². The molecule has 0 aliphatic rings. The van der Waals surface area contributed by atoms with Gasteiger partial charge < -0.3 is 10.3 Å². The summed E-state index contributed by atoms with van der Waals surface area (Å²) < 4.78 is 2.01. The quantitative estimate of drug-likeness (QED) is 0.752. The molecule has 0 fully saturated rings. The van der Waals surface area contributed by atoms with Gasteiger partial charge in [0, 0.05) is 19.0 Å². The van der Waals surface area contributed by atoms with Gasteiger partial charge in [-0.25, -0.2) is 0 Å². The van der Waals surface area contributed by atoms with Crippen LogP contribution in [0.2, 0.25) is 0 Å². The Bertz CT molecular complexity index is 282. The first-order chi connectivity index (χ1) is 5.90. The van der Waals surface area contributed by atoms with Gasteiger partial charge in [-0.1, -0.05) is 0 Å². The summed E-state index contributed by atoms with van der Waals surface area (Å²) >= 11 is 0. The molecular formula is C9H18N4. The van der Waals surface area contributed by atoms with E-state index in [1.807, 2.05) is 32.4 Å². The number of nitrogens with two attached hydrogens (primary N) is 1. The van der Waals surface area contributed by atoms with Crippen molar-refractivity contribution in [3.8, 4) is 0 Å². The Kier molecular flexibility index (Phi) is 2.71. The summed E-state index contributed by atoms with van der Waals surface area (Å²) in [5.41, 5.74) is 5.76. The van der Waals surface area contributed by atoms with Crippen molar-refractivity contribution in [2.45, 2.75) is 39.2 Å². The number of hydrogen-bond acceptors (Lipinski definition) is 3. The average molecular weight is 182 g/mol. The minimum atomic E-state index is -0.125.